The standard InChI is InChI=1S/C13H9ClN4O2/c14-9-7-8(13(15)19)5-6-11(9)20-12-4-2-1-3-10(12)17-18-16/h1-7H,(H2,15,19). The number of halogens is 1. The van der Waals surface area contributed by atoms with Crippen molar-refractivity contribution in [2.45, 2.75) is 0 Å². The van der Waals surface area contributed by atoms with E-state index >= 15 is 0 Å². The molecular formula is C13H9ClN4O2. The molecule has 1 amide bonds. The summed E-state index contributed by atoms with van der Waals surface area (Å²) in [6.07, 6.45) is 0. The van der Waals surface area contributed by atoms with E-state index in [1.54, 1.807) is 24.3 Å². The fourth-order valence-electron chi connectivity index (χ4n) is 1.53. The molecular weight excluding hydrogens is 280 g/mol. The molecule has 0 aliphatic rings. The van der Waals surface area contributed by atoms with Crippen LogP contribution >= 0.6 is 11.6 Å². The molecule has 6 nitrogen and oxygen atoms in total. The van der Waals surface area contributed by atoms with Gasteiger partial charge in [0.05, 0.1) is 10.7 Å². The number of carbonyl (C=O) groups is 1. The Kier molecular flexibility index (Phi) is 4.10. The average molecular weight is 289 g/mol. The van der Waals surface area contributed by atoms with E-state index in [0.29, 0.717) is 17.2 Å². The van der Waals surface area contributed by atoms with Gasteiger partial charge in [-0.3, -0.25) is 4.79 Å². The molecule has 0 saturated carbocycles. The second kappa shape index (κ2) is 5.97. The second-order valence-corrected chi connectivity index (χ2v) is 4.18. The van der Waals surface area contributed by atoms with E-state index in [1.807, 2.05) is 0 Å². The molecule has 0 unspecified atom stereocenters. The van der Waals surface area contributed by atoms with Crippen LogP contribution in [0.5, 0.6) is 11.5 Å². The minimum absolute atomic E-state index is 0.233. The molecule has 0 saturated heterocycles. The fraction of sp³-hybridized carbons (Fsp3) is 0. The summed E-state index contributed by atoms with van der Waals surface area (Å²) in [4.78, 5) is 13.7. The predicted molar refractivity (Wildman–Crippen MR) is 75.3 cm³/mol. The lowest BCUT2D eigenvalue weighted by Gasteiger charge is -2.10. The van der Waals surface area contributed by atoms with E-state index in [1.165, 1.54) is 18.2 Å². The highest BCUT2D eigenvalue weighted by molar-refractivity contribution is 6.32. The number of para-hydroxylation sites is 1. The Morgan fingerprint density at radius 2 is 2.00 bits per heavy atom. The molecule has 0 spiro atoms. The number of nitrogens with zero attached hydrogens (tertiary/aromatic N) is 3. The van der Waals surface area contributed by atoms with Crippen molar-refractivity contribution < 1.29 is 9.53 Å². The lowest BCUT2D eigenvalue weighted by Crippen LogP contribution is -2.10. The third-order valence-electron chi connectivity index (χ3n) is 2.45. The first-order chi connectivity index (χ1) is 9.61. The molecule has 0 atom stereocenters. The number of carbonyl (C=O) groups excluding carboxylic acids is 1. The van der Waals surface area contributed by atoms with Gasteiger partial charge in [-0.15, -0.1) is 0 Å². The van der Waals surface area contributed by atoms with Crippen LogP contribution < -0.4 is 10.5 Å². The van der Waals surface area contributed by atoms with E-state index < -0.39 is 5.91 Å². The highest BCUT2D eigenvalue weighted by atomic mass is 35.5. The average Bonchev–Trinajstić information content (AvgIpc) is 2.43. The summed E-state index contributed by atoms with van der Waals surface area (Å²) in [6.45, 7) is 0. The van der Waals surface area contributed by atoms with Crippen LogP contribution in [-0.2, 0) is 0 Å². The van der Waals surface area contributed by atoms with Crippen molar-refractivity contribution in [3.05, 3.63) is 63.5 Å². The van der Waals surface area contributed by atoms with Gasteiger partial charge < -0.3 is 10.5 Å². The zero-order valence-corrected chi connectivity index (χ0v) is 10.9. The lowest BCUT2D eigenvalue weighted by molar-refractivity contribution is 0.100. The normalized spacial score (nSPS) is 9.65. The number of primary amides is 1. The molecule has 7 heteroatoms. The number of nitrogens with two attached hydrogens (primary N) is 1. The summed E-state index contributed by atoms with van der Waals surface area (Å²) in [5, 5.41) is 3.75. The summed E-state index contributed by atoms with van der Waals surface area (Å²) in [5.41, 5.74) is 14.3. The summed E-state index contributed by atoms with van der Waals surface area (Å²) in [7, 11) is 0. The van der Waals surface area contributed by atoms with Crippen molar-refractivity contribution in [2.75, 3.05) is 0 Å². The van der Waals surface area contributed by atoms with Gasteiger partial charge in [-0.05, 0) is 35.9 Å². The molecule has 0 heterocycles. The zero-order chi connectivity index (χ0) is 14.5. The van der Waals surface area contributed by atoms with Gasteiger partial charge in [0.15, 0.2) is 0 Å². The van der Waals surface area contributed by atoms with E-state index in [4.69, 9.17) is 27.6 Å². The molecule has 2 aromatic carbocycles. The Balaban J connectivity index is 2.35. The van der Waals surface area contributed by atoms with Crippen molar-refractivity contribution in [1.82, 2.24) is 0 Å². The van der Waals surface area contributed by atoms with Crippen LogP contribution in [0, 0.1) is 0 Å². The van der Waals surface area contributed by atoms with Gasteiger partial charge in [-0.2, -0.15) is 0 Å². The van der Waals surface area contributed by atoms with Crippen molar-refractivity contribution in [1.29, 1.82) is 0 Å². The maximum atomic E-state index is 11.0. The Morgan fingerprint density at radius 1 is 1.25 bits per heavy atom. The molecule has 2 rings (SSSR count). The number of hydrogen-bond acceptors (Lipinski definition) is 3. The first-order valence-corrected chi connectivity index (χ1v) is 5.91. The van der Waals surface area contributed by atoms with Gasteiger partial charge in [0.1, 0.15) is 11.5 Å². The van der Waals surface area contributed by atoms with Crippen LogP contribution in [0.1, 0.15) is 10.4 Å². The van der Waals surface area contributed by atoms with Crippen molar-refractivity contribution in [3.63, 3.8) is 0 Å². The van der Waals surface area contributed by atoms with Gasteiger partial charge in [0.2, 0.25) is 5.91 Å². The molecule has 20 heavy (non-hydrogen) atoms. The first-order valence-electron chi connectivity index (χ1n) is 5.53. The van der Waals surface area contributed by atoms with E-state index in [2.05, 4.69) is 10.0 Å². The van der Waals surface area contributed by atoms with Gasteiger partial charge in [-0.1, -0.05) is 28.8 Å². The second-order valence-electron chi connectivity index (χ2n) is 3.77. The molecule has 0 radical (unpaired) electrons. The number of benzene rings is 2. The van der Waals surface area contributed by atoms with E-state index in [-0.39, 0.29) is 10.6 Å². The van der Waals surface area contributed by atoms with Crippen molar-refractivity contribution >= 4 is 23.2 Å². The monoisotopic (exact) mass is 288 g/mol. The maximum absolute atomic E-state index is 11.0. The molecule has 0 aliphatic carbocycles. The Bertz CT molecular complexity index is 711. The minimum atomic E-state index is -0.576. The van der Waals surface area contributed by atoms with Crippen LogP contribution in [0.3, 0.4) is 0 Å². The van der Waals surface area contributed by atoms with Gasteiger partial charge >= 0.3 is 0 Å². The molecule has 0 aliphatic heterocycles. The maximum Gasteiger partial charge on any atom is 0.248 e. The quantitative estimate of drug-likeness (QED) is 0.518. The number of rotatable bonds is 4. The molecule has 100 valence electrons. The minimum Gasteiger partial charge on any atom is -0.455 e. The Labute approximate surface area is 119 Å². The van der Waals surface area contributed by atoms with Crippen LogP contribution in [0.2, 0.25) is 5.02 Å². The van der Waals surface area contributed by atoms with Crippen LogP contribution in [-0.4, -0.2) is 5.91 Å². The smallest absolute Gasteiger partial charge is 0.248 e. The van der Waals surface area contributed by atoms with E-state index in [0.717, 1.165) is 0 Å². The Hall–Kier alpha value is -2.69. The van der Waals surface area contributed by atoms with Crippen molar-refractivity contribution in [3.8, 4) is 11.5 Å². The molecule has 0 bridgehead atoms. The van der Waals surface area contributed by atoms with Gasteiger partial charge in [0, 0.05) is 10.5 Å². The summed E-state index contributed by atoms with van der Waals surface area (Å²) < 4.78 is 5.58. The van der Waals surface area contributed by atoms with E-state index in [9.17, 15) is 4.79 Å². The van der Waals surface area contributed by atoms with Crippen LogP contribution in [0.25, 0.3) is 10.4 Å². The predicted octanol–water partition coefficient (Wildman–Crippen LogP) is 4.17. The molecule has 2 aromatic rings. The highest BCUT2D eigenvalue weighted by Crippen LogP contribution is 2.35. The summed E-state index contributed by atoms with van der Waals surface area (Å²) >= 11 is 6.02. The SMILES string of the molecule is [N-]=[N+]=Nc1ccccc1Oc1ccc(C(N)=O)cc1Cl. The summed E-state index contributed by atoms with van der Waals surface area (Å²) in [5.74, 6) is 0.115. The van der Waals surface area contributed by atoms with Crippen molar-refractivity contribution in [2.24, 2.45) is 10.8 Å². The van der Waals surface area contributed by atoms with Gasteiger partial charge in [0.25, 0.3) is 0 Å². The fourth-order valence-corrected chi connectivity index (χ4v) is 1.75. The number of amides is 1. The number of hydrogen-bond donors (Lipinski definition) is 1. The molecule has 0 fully saturated rings. The summed E-state index contributed by atoms with van der Waals surface area (Å²) in [6, 6.07) is 11.1. The van der Waals surface area contributed by atoms with Crippen LogP contribution in [0.15, 0.2) is 47.6 Å². The number of ether oxygens (including phenoxy) is 1. The lowest BCUT2D eigenvalue weighted by atomic mass is 10.2. The Morgan fingerprint density at radius 3 is 2.65 bits per heavy atom. The molecule has 2 N–H and O–H groups in total. The molecule has 0 aromatic heterocycles. The van der Waals surface area contributed by atoms with Crippen LogP contribution in [0.4, 0.5) is 5.69 Å². The highest BCUT2D eigenvalue weighted by Gasteiger charge is 2.09. The third-order valence-corrected chi connectivity index (χ3v) is 2.75. The largest absolute Gasteiger partial charge is 0.455 e. The van der Waals surface area contributed by atoms with Gasteiger partial charge in [-0.25, -0.2) is 0 Å². The topological polar surface area (TPSA) is 101 Å². The number of azide groups is 1. The zero-order valence-electron chi connectivity index (χ0n) is 10.2. The third kappa shape index (κ3) is 3.00. The first kappa shape index (κ1) is 13.7.